The zero-order valence-electron chi connectivity index (χ0n) is 23.6. The lowest BCUT2D eigenvalue weighted by atomic mass is 9.97. The number of urea groups is 1. The number of carbonyl (C=O) groups excluding carboxylic acids is 2. The number of hydrogen-bond donors (Lipinski definition) is 1. The van der Waals surface area contributed by atoms with Crippen LogP contribution in [0.15, 0.2) is 47.6 Å². The van der Waals surface area contributed by atoms with Crippen LogP contribution < -0.4 is 14.8 Å². The quantitative estimate of drug-likeness (QED) is 0.484. The van der Waals surface area contributed by atoms with Gasteiger partial charge in [-0.15, -0.1) is 0 Å². The Morgan fingerprint density at radius 1 is 1.12 bits per heavy atom. The van der Waals surface area contributed by atoms with Crippen molar-refractivity contribution < 1.29 is 28.2 Å². The normalized spacial score (nSPS) is 17.5. The van der Waals surface area contributed by atoms with Crippen molar-refractivity contribution in [2.75, 3.05) is 60.2 Å². The Kier molecular flexibility index (Phi) is 9.94. The van der Waals surface area contributed by atoms with Gasteiger partial charge in [0.25, 0.3) is 5.91 Å². The minimum atomic E-state index is -0.517. The van der Waals surface area contributed by atoms with Gasteiger partial charge in [0, 0.05) is 44.2 Å². The number of halogens is 1. The van der Waals surface area contributed by atoms with Crippen molar-refractivity contribution in [1.82, 2.24) is 20.1 Å². The summed E-state index contributed by atoms with van der Waals surface area (Å²) in [7, 11) is 3.09. The molecule has 1 saturated heterocycles. The molecule has 0 aromatic heterocycles. The topological polar surface area (TPSA) is 95.9 Å². The molecule has 1 fully saturated rings. The fraction of sp³-hybridized carbons (Fsp3) is 0.483. The smallest absolute Gasteiger partial charge is 0.318 e. The SMILES string of the molecule is COc1ccc([C@H]2CC(c3ccccc3F)=NN2C(=O)CN(CCN2CCOCC2)C(=O)NC(C)C)cc1OC. The average molecular weight is 556 g/mol. The van der Waals surface area contributed by atoms with Crippen molar-refractivity contribution in [2.45, 2.75) is 32.4 Å². The lowest BCUT2D eigenvalue weighted by Crippen LogP contribution is -2.50. The van der Waals surface area contributed by atoms with Crippen LogP contribution in [-0.4, -0.2) is 98.7 Å². The van der Waals surface area contributed by atoms with Crippen molar-refractivity contribution in [3.63, 3.8) is 0 Å². The molecule has 0 unspecified atom stereocenters. The number of methoxy groups -OCH3 is 2. The summed E-state index contributed by atoms with van der Waals surface area (Å²) >= 11 is 0. The molecule has 2 aliphatic heterocycles. The van der Waals surface area contributed by atoms with Crippen LogP contribution in [0.3, 0.4) is 0 Å². The first-order valence-corrected chi connectivity index (χ1v) is 13.5. The number of nitrogens with zero attached hydrogens (tertiary/aromatic N) is 4. The molecule has 2 heterocycles. The summed E-state index contributed by atoms with van der Waals surface area (Å²) in [6, 6.07) is 10.8. The summed E-state index contributed by atoms with van der Waals surface area (Å²) in [4.78, 5) is 30.7. The van der Waals surface area contributed by atoms with Gasteiger partial charge >= 0.3 is 6.03 Å². The first kappa shape index (κ1) is 29.3. The Hall–Kier alpha value is -3.70. The zero-order chi connectivity index (χ0) is 28.6. The molecule has 10 nitrogen and oxygen atoms in total. The summed E-state index contributed by atoms with van der Waals surface area (Å²) in [6.07, 6.45) is 0.300. The minimum absolute atomic E-state index is 0.0922. The molecule has 4 rings (SSSR count). The van der Waals surface area contributed by atoms with Gasteiger partial charge < -0.3 is 24.4 Å². The van der Waals surface area contributed by atoms with Crippen molar-refractivity contribution in [2.24, 2.45) is 5.10 Å². The number of morpholine rings is 1. The first-order valence-electron chi connectivity index (χ1n) is 13.5. The number of hydrogen-bond acceptors (Lipinski definition) is 7. The van der Waals surface area contributed by atoms with Crippen LogP contribution in [0.5, 0.6) is 11.5 Å². The van der Waals surface area contributed by atoms with Gasteiger partial charge in [-0.1, -0.05) is 24.3 Å². The summed E-state index contributed by atoms with van der Waals surface area (Å²) in [6.45, 7) is 7.39. The summed E-state index contributed by atoms with van der Waals surface area (Å²) in [5.74, 6) is 0.282. The Labute approximate surface area is 234 Å². The maximum Gasteiger partial charge on any atom is 0.318 e. The molecule has 2 aliphatic rings. The molecule has 1 atom stereocenters. The van der Waals surface area contributed by atoms with E-state index < -0.39 is 11.9 Å². The zero-order valence-corrected chi connectivity index (χ0v) is 23.6. The number of nitrogens with one attached hydrogen (secondary N) is 1. The molecule has 3 amide bonds. The van der Waals surface area contributed by atoms with E-state index in [0.29, 0.717) is 55.5 Å². The predicted molar refractivity (Wildman–Crippen MR) is 149 cm³/mol. The Morgan fingerprint density at radius 3 is 2.52 bits per heavy atom. The molecule has 0 bridgehead atoms. The fourth-order valence-electron chi connectivity index (χ4n) is 4.83. The van der Waals surface area contributed by atoms with Gasteiger partial charge in [-0.05, 0) is 37.6 Å². The van der Waals surface area contributed by atoms with Gasteiger partial charge in [-0.3, -0.25) is 9.69 Å². The monoisotopic (exact) mass is 555 g/mol. The van der Waals surface area contributed by atoms with Gasteiger partial charge in [0.1, 0.15) is 12.4 Å². The number of benzene rings is 2. The van der Waals surface area contributed by atoms with Gasteiger partial charge in [-0.25, -0.2) is 14.2 Å². The van der Waals surface area contributed by atoms with Crippen LogP contribution in [0.4, 0.5) is 9.18 Å². The lowest BCUT2D eigenvalue weighted by molar-refractivity contribution is -0.133. The molecule has 0 radical (unpaired) electrons. The summed E-state index contributed by atoms with van der Waals surface area (Å²) < 4.78 is 31.0. The van der Waals surface area contributed by atoms with E-state index in [0.717, 1.165) is 18.7 Å². The minimum Gasteiger partial charge on any atom is -0.493 e. The third-order valence-electron chi connectivity index (χ3n) is 6.96. The maximum absolute atomic E-state index is 14.7. The Bertz CT molecular complexity index is 1220. The number of amides is 3. The summed E-state index contributed by atoms with van der Waals surface area (Å²) in [5, 5.41) is 8.87. The van der Waals surface area contributed by atoms with E-state index in [1.165, 1.54) is 16.0 Å². The molecule has 0 saturated carbocycles. The van der Waals surface area contributed by atoms with Gasteiger partial charge in [0.05, 0.1) is 39.2 Å². The number of ether oxygens (including phenoxy) is 3. The Balaban J connectivity index is 1.61. The second-order valence-corrected chi connectivity index (χ2v) is 10.1. The van der Waals surface area contributed by atoms with Crippen LogP contribution in [-0.2, 0) is 9.53 Å². The number of rotatable bonds is 10. The molecular weight excluding hydrogens is 517 g/mol. The molecule has 0 aliphatic carbocycles. The maximum atomic E-state index is 14.7. The highest BCUT2D eigenvalue weighted by Crippen LogP contribution is 2.37. The van der Waals surface area contributed by atoms with E-state index in [2.05, 4.69) is 15.3 Å². The summed E-state index contributed by atoms with van der Waals surface area (Å²) in [5.41, 5.74) is 1.55. The largest absolute Gasteiger partial charge is 0.493 e. The number of carbonyl (C=O) groups is 2. The molecule has 11 heteroatoms. The second-order valence-electron chi connectivity index (χ2n) is 10.1. The molecule has 2 aromatic carbocycles. The number of hydrazone groups is 1. The highest BCUT2D eigenvalue weighted by atomic mass is 19.1. The van der Waals surface area contributed by atoms with E-state index >= 15 is 0 Å². The van der Waals surface area contributed by atoms with E-state index in [9.17, 15) is 14.0 Å². The van der Waals surface area contributed by atoms with Crippen LogP contribution in [0, 0.1) is 5.82 Å². The first-order chi connectivity index (χ1) is 19.3. The molecule has 2 aromatic rings. The van der Waals surface area contributed by atoms with E-state index in [1.807, 2.05) is 19.9 Å². The predicted octanol–water partition coefficient (Wildman–Crippen LogP) is 3.27. The van der Waals surface area contributed by atoms with E-state index in [1.54, 1.807) is 44.6 Å². The average Bonchev–Trinajstić information content (AvgIpc) is 3.40. The van der Waals surface area contributed by atoms with Crippen LogP contribution in [0.2, 0.25) is 0 Å². The van der Waals surface area contributed by atoms with Gasteiger partial charge in [0.15, 0.2) is 11.5 Å². The highest BCUT2D eigenvalue weighted by Gasteiger charge is 2.35. The Morgan fingerprint density at radius 2 is 1.85 bits per heavy atom. The van der Waals surface area contributed by atoms with Crippen LogP contribution in [0.1, 0.15) is 37.4 Å². The molecule has 40 heavy (non-hydrogen) atoms. The van der Waals surface area contributed by atoms with Crippen LogP contribution >= 0.6 is 0 Å². The van der Waals surface area contributed by atoms with Gasteiger partial charge in [-0.2, -0.15) is 5.10 Å². The van der Waals surface area contributed by atoms with Gasteiger partial charge in [0.2, 0.25) is 0 Å². The van der Waals surface area contributed by atoms with Crippen molar-refractivity contribution in [3.8, 4) is 11.5 Å². The van der Waals surface area contributed by atoms with Crippen molar-refractivity contribution >= 4 is 17.6 Å². The van der Waals surface area contributed by atoms with E-state index in [-0.39, 0.29) is 24.5 Å². The molecular formula is C29H38FN5O5. The highest BCUT2D eigenvalue weighted by molar-refractivity contribution is 6.03. The van der Waals surface area contributed by atoms with E-state index in [4.69, 9.17) is 14.2 Å². The molecule has 1 N–H and O–H groups in total. The standard InChI is InChI=1S/C29H38FN5O5/c1-20(2)31-29(37)34(12-11-33-13-15-40-16-14-33)19-28(36)35-25(21-9-10-26(38-3)27(17-21)39-4)18-24(32-35)22-7-5-6-8-23(22)30/h5-10,17,20,25H,11-16,18-19H2,1-4H3,(H,31,37)/t25-/m1/s1. The molecule has 0 spiro atoms. The van der Waals surface area contributed by atoms with Crippen molar-refractivity contribution in [3.05, 3.63) is 59.4 Å². The molecule has 216 valence electrons. The fourth-order valence-corrected chi connectivity index (χ4v) is 4.83. The third kappa shape index (κ3) is 7.08. The van der Waals surface area contributed by atoms with Crippen LogP contribution in [0.25, 0.3) is 0 Å². The second kappa shape index (κ2) is 13.6. The third-order valence-corrected chi connectivity index (χ3v) is 6.96. The van der Waals surface area contributed by atoms with Crippen molar-refractivity contribution in [1.29, 1.82) is 0 Å². The lowest BCUT2D eigenvalue weighted by Gasteiger charge is -2.31.